The molecule has 144 valence electrons. The van der Waals surface area contributed by atoms with E-state index in [0.29, 0.717) is 22.5 Å². The molecule has 5 atom stereocenters. The Morgan fingerprint density at radius 2 is 1.86 bits per heavy atom. The monoisotopic (exact) mass is 394 g/mol. The molecule has 0 saturated heterocycles. The first-order valence-corrected chi connectivity index (χ1v) is 10.7. The number of Topliss-reactive ketones (excluding diaryl/α,β-unsaturated/α-hetero) is 1. The highest BCUT2D eigenvalue weighted by Gasteiger charge is 2.54. The number of amides is 1. The van der Waals surface area contributed by atoms with Gasteiger partial charge < -0.3 is 4.74 Å². The molecule has 5 rings (SSSR count). The molecule has 5 unspecified atom stereocenters. The molecule has 3 aliphatic rings. The highest BCUT2D eigenvalue weighted by atomic mass is 32.1. The molecule has 1 fully saturated rings. The van der Waals surface area contributed by atoms with Crippen molar-refractivity contribution in [1.29, 1.82) is 0 Å². The maximum absolute atomic E-state index is 13.6. The summed E-state index contributed by atoms with van der Waals surface area (Å²) in [7, 11) is 0. The number of thiazole rings is 1. The number of ketones is 1. The van der Waals surface area contributed by atoms with Crippen LogP contribution in [-0.4, -0.2) is 22.8 Å². The Morgan fingerprint density at radius 1 is 1.11 bits per heavy atom. The molecular formula is C22H22N2O3S. The van der Waals surface area contributed by atoms with E-state index in [1.165, 1.54) is 11.3 Å². The number of carbonyl (C=O) groups is 2. The summed E-state index contributed by atoms with van der Waals surface area (Å²) in [5.74, 6) is 0.839. The first kappa shape index (κ1) is 17.6. The minimum Gasteiger partial charge on any atom is -0.483 e. The number of fused-ring (bicyclic) bond motifs is 1. The molecule has 6 heteroatoms. The quantitative estimate of drug-likeness (QED) is 0.768. The van der Waals surface area contributed by atoms with E-state index in [1.807, 2.05) is 35.7 Å². The van der Waals surface area contributed by atoms with Gasteiger partial charge in [-0.25, -0.2) is 4.98 Å². The van der Waals surface area contributed by atoms with Crippen molar-refractivity contribution < 1.29 is 14.3 Å². The van der Waals surface area contributed by atoms with Crippen molar-refractivity contribution >= 4 is 28.2 Å². The number of hydrogen-bond donors (Lipinski definition) is 0. The van der Waals surface area contributed by atoms with Crippen molar-refractivity contribution in [2.24, 2.45) is 17.8 Å². The van der Waals surface area contributed by atoms with Crippen LogP contribution >= 0.6 is 11.3 Å². The van der Waals surface area contributed by atoms with Crippen LogP contribution in [0.3, 0.4) is 0 Å². The summed E-state index contributed by atoms with van der Waals surface area (Å²) in [6.45, 7) is 4.40. The van der Waals surface area contributed by atoms with Gasteiger partial charge in [-0.2, -0.15) is 0 Å². The summed E-state index contributed by atoms with van der Waals surface area (Å²) < 4.78 is 6.24. The highest BCUT2D eigenvalue weighted by molar-refractivity contribution is 7.13. The SMILES string of the molecule is CC1CC2OC3=C(C(=O)C2CC1C)C(c1ccccc1)N(c1nccs1)C3=O. The minimum absolute atomic E-state index is 0.0752. The predicted molar refractivity (Wildman–Crippen MR) is 107 cm³/mol. The van der Waals surface area contributed by atoms with Crippen LogP contribution in [0.5, 0.6) is 0 Å². The molecule has 5 nitrogen and oxygen atoms in total. The molecule has 1 aliphatic carbocycles. The Morgan fingerprint density at radius 3 is 2.57 bits per heavy atom. The average molecular weight is 394 g/mol. The van der Waals surface area contributed by atoms with Gasteiger partial charge in [-0.3, -0.25) is 14.5 Å². The van der Waals surface area contributed by atoms with Crippen molar-refractivity contribution in [3.05, 3.63) is 58.8 Å². The van der Waals surface area contributed by atoms with Crippen LogP contribution in [0, 0.1) is 17.8 Å². The number of anilines is 1. The largest absolute Gasteiger partial charge is 0.483 e. The van der Waals surface area contributed by atoms with E-state index < -0.39 is 6.04 Å². The Labute approximate surface area is 168 Å². The summed E-state index contributed by atoms with van der Waals surface area (Å²) in [6.07, 6.45) is 3.11. The van der Waals surface area contributed by atoms with E-state index in [4.69, 9.17) is 4.74 Å². The topological polar surface area (TPSA) is 59.5 Å². The molecule has 1 amide bonds. The van der Waals surface area contributed by atoms with Crippen molar-refractivity contribution in [2.75, 3.05) is 4.90 Å². The molecule has 28 heavy (non-hydrogen) atoms. The van der Waals surface area contributed by atoms with Gasteiger partial charge in [-0.15, -0.1) is 11.3 Å². The zero-order valence-corrected chi connectivity index (χ0v) is 16.7. The number of carbonyl (C=O) groups excluding carboxylic acids is 2. The van der Waals surface area contributed by atoms with E-state index in [9.17, 15) is 9.59 Å². The highest BCUT2D eigenvalue weighted by Crippen LogP contribution is 2.49. The smallest absolute Gasteiger partial charge is 0.296 e. The second-order valence-corrected chi connectivity index (χ2v) is 8.97. The number of rotatable bonds is 2. The van der Waals surface area contributed by atoms with Crippen molar-refractivity contribution in [3.8, 4) is 0 Å². The number of hydrogen-bond acceptors (Lipinski definition) is 5. The lowest BCUT2D eigenvalue weighted by atomic mass is 9.70. The van der Waals surface area contributed by atoms with E-state index in [2.05, 4.69) is 18.8 Å². The predicted octanol–water partition coefficient (Wildman–Crippen LogP) is 4.14. The zero-order valence-electron chi connectivity index (χ0n) is 15.9. The molecule has 2 aromatic rings. The van der Waals surface area contributed by atoms with Crippen molar-refractivity contribution in [1.82, 2.24) is 4.98 Å². The van der Waals surface area contributed by atoms with E-state index >= 15 is 0 Å². The summed E-state index contributed by atoms with van der Waals surface area (Å²) in [5.41, 5.74) is 1.41. The summed E-state index contributed by atoms with van der Waals surface area (Å²) in [4.78, 5) is 32.9. The first-order chi connectivity index (χ1) is 13.6. The molecule has 1 saturated carbocycles. The van der Waals surface area contributed by atoms with Crippen LogP contribution in [0.4, 0.5) is 5.13 Å². The Hall–Kier alpha value is -2.47. The van der Waals surface area contributed by atoms with Gasteiger partial charge in [0.25, 0.3) is 5.91 Å². The number of ether oxygens (including phenoxy) is 1. The fraction of sp³-hybridized carbons (Fsp3) is 0.409. The first-order valence-electron chi connectivity index (χ1n) is 9.79. The Bertz CT molecular complexity index is 953. The van der Waals surface area contributed by atoms with Gasteiger partial charge in [0.15, 0.2) is 16.7 Å². The summed E-state index contributed by atoms with van der Waals surface area (Å²) in [5, 5.41) is 2.43. The molecule has 3 heterocycles. The summed E-state index contributed by atoms with van der Waals surface area (Å²) >= 11 is 1.40. The van der Waals surface area contributed by atoms with Crippen LogP contribution in [0.1, 0.15) is 38.3 Å². The lowest BCUT2D eigenvalue weighted by molar-refractivity contribution is -0.134. The van der Waals surface area contributed by atoms with E-state index in [0.717, 1.165) is 18.4 Å². The maximum Gasteiger partial charge on any atom is 0.296 e. The molecular weight excluding hydrogens is 372 g/mol. The third-order valence-corrected chi connectivity index (χ3v) is 7.22. The van der Waals surface area contributed by atoms with Crippen molar-refractivity contribution in [2.45, 2.75) is 38.8 Å². The fourth-order valence-electron chi connectivity index (χ4n) is 4.74. The van der Waals surface area contributed by atoms with Gasteiger partial charge in [-0.05, 0) is 30.2 Å². The van der Waals surface area contributed by atoms with Crippen LogP contribution in [-0.2, 0) is 14.3 Å². The standard InChI is InChI=1S/C22H22N2O3S/c1-12-10-15-16(11-13(12)2)27-20-17(19(15)25)18(14-6-4-3-5-7-14)24(21(20)26)22-23-8-9-28-22/h3-9,12-13,15-16,18H,10-11H2,1-2H3. The lowest BCUT2D eigenvalue weighted by Gasteiger charge is -2.40. The van der Waals surface area contributed by atoms with E-state index in [1.54, 1.807) is 11.1 Å². The van der Waals surface area contributed by atoms with Crippen LogP contribution < -0.4 is 4.90 Å². The second kappa shape index (κ2) is 6.55. The van der Waals surface area contributed by atoms with Gasteiger partial charge in [0.05, 0.1) is 17.5 Å². The lowest BCUT2D eigenvalue weighted by Crippen LogP contribution is -2.43. The maximum atomic E-state index is 13.6. The van der Waals surface area contributed by atoms with Gasteiger partial charge >= 0.3 is 0 Å². The average Bonchev–Trinajstić information content (AvgIpc) is 3.31. The third kappa shape index (κ3) is 2.54. The van der Waals surface area contributed by atoms with Crippen molar-refractivity contribution in [3.63, 3.8) is 0 Å². The van der Waals surface area contributed by atoms with Crippen LogP contribution in [0.25, 0.3) is 0 Å². The van der Waals surface area contributed by atoms with Crippen LogP contribution in [0.2, 0.25) is 0 Å². The molecule has 1 aromatic heterocycles. The number of benzene rings is 1. The molecule has 2 aliphatic heterocycles. The molecule has 0 N–H and O–H groups in total. The van der Waals surface area contributed by atoms with Crippen LogP contribution in [0.15, 0.2) is 53.2 Å². The minimum atomic E-state index is -0.474. The van der Waals surface area contributed by atoms with Gasteiger partial charge in [0.2, 0.25) is 0 Å². The van der Waals surface area contributed by atoms with Gasteiger partial charge in [-0.1, -0.05) is 44.2 Å². The van der Waals surface area contributed by atoms with Gasteiger partial charge in [0, 0.05) is 11.6 Å². The molecule has 1 aromatic carbocycles. The molecule has 0 spiro atoms. The number of nitrogens with zero attached hydrogens (tertiary/aromatic N) is 2. The normalized spacial score (nSPS) is 32.2. The van der Waals surface area contributed by atoms with E-state index in [-0.39, 0.29) is 29.5 Å². The zero-order chi connectivity index (χ0) is 19.4. The molecule has 0 bridgehead atoms. The molecule has 0 radical (unpaired) electrons. The second-order valence-electron chi connectivity index (χ2n) is 8.10. The number of aromatic nitrogens is 1. The third-order valence-electron chi connectivity index (χ3n) is 6.45. The summed E-state index contributed by atoms with van der Waals surface area (Å²) in [6, 6.07) is 9.24. The Balaban J connectivity index is 1.63. The van der Waals surface area contributed by atoms with Gasteiger partial charge in [0.1, 0.15) is 6.10 Å². The fourth-order valence-corrected chi connectivity index (χ4v) is 5.41. The Kier molecular flexibility index (Phi) is 4.12.